The Kier molecular flexibility index (Phi) is 41.3. The van der Waals surface area contributed by atoms with Gasteiger partial charge in [0.05, 0.1) is 55.1 Å². The lowest BCUT2D eigenvalue weighted by molar-refractivity contribution is -0.142. The number of fused-ring (bicyclic) bond motifs is 2. The number of aliphatic hydroxyl groups is 1. The van der Waals surface area contributed by atoms with Gasteiger partial charge in [-0.05, 0) is 219 Å². The van der Waals surface area contributed by atoms with Crippen molar-refractivity contribution in [3.8, 4) is 5.88 Å². The Bertz CT molecular complexity index is 5220. The lowest BCUT2D eigenvalue weighted by atomic mass is 9.87. The van der Waals surface area contributed by atoms with Gasteiger partial charge in [-0.2, -0.15) is 15.1 Å². The second-order valence-electron chi connectivity index (χ2n) is 34.8. The number of alkyl carbamates (subject to hydrolysis) is 2. The molecule has 0 bridgehead atoms. The Morgan fingerprint density at radius 2 is 1.36 bits per heavy atom. The van der Waals surface area contributed by atoms with Gasteiger partial charge in [-0.3, -0.25) is 28.8 Å². The van der Waals surface area contributed by atoms with Crippen LogP contribution in [-0.2, 0) is 65.7 Å². The van der Waals surface area contributed by atoms with E-state index in [-0.39, 0.29) is 142 Å². The predicted molar refractivity (Wildman–Crippen MR) is 505 cm³/mol. The third-order valence-corrected chi connectivity index (χ3v) is 23.8. The fraction of sp³-hybridized carbons (Fsp3) is 0.479. The lowest BCUT2D eigenvalue weighted by Gasteiger charge is -2.39. The summed E-state index contributed by atoms with van der Waals surface area (Å²) in [6, 6.07) is 11.3. The average molecular weight is 1880 g/mol. The molecule has 40 heteroatoms. The van der Waals surface area contributed by atoms with E-state index in [0.717, 1.165) is 17.6 Å². The van der Waals surface area contributed by atoms with Gasteiger partial charge >= 0.3 is 36.1 Å². The molecule has 2 fully saturated rings. The number of urea groups is 1. The van der Waals surface area contributed by atoms with E-state index in [1.165, 1.54) is 24.4 Å². The van der Waals surface area contributed by atoms with Gasteiger partial charge in [0.2, 0.25) is 35.5 Å². The van der Waals surface area contributed by atoms with E-state index in [2.05, 4.69) is 96.5 Å². The van der Waals surface area contributed by atoms with E-state index in [0.29, 0.717) is 103 Å². The first-order valence-corrected chi connectivity index (χ1v) is 45.9. The van der Waals surface area contributed by atoms with Crippen LogP contribution in [0.5, 0.6) is 5.88 Å². The summed E-state index contributed by atoms with van der Waals surface area (Å²) in [6.07, 6.45) is 21.2. The summed E-state index contributed by atoms with van der Waals surface area (Å²) in [7, 11) is 0. The Hall–Kier alpha value is -14.0. The fourth-order valence-electron chi connectivity index (χ4n) is 16.3. The number of carbonyl (C=O) groups excluding carboxylic acids is 10. The van der Waals surface area contributed by atoms with Crippen molar-refractivity contribution in [2.75, 3.05) is 47.9 Å². The van der Waals surface area contributed by atoms with Gasteiger partial charge in [-0.15, -0.1) is 0 Å². The number of hydrogen-bond acceptors (Lipinski definition) is 28. The highest BCUT2D eigenvalue weighted by molar-refractivity contribution is 5.99. The highest BCUT2D eigenvalue weighted by Gasteiger charge is 2.50. The zero-order chi connectivity index (χ0) is 98.5. The topological polar surface area (TPSA) is 621 Å². The van der Waals surface area contributed by atoms with Crippen LogP contribution in [0.15, 0.2) is 167 Å². The highest BCUT2D eigenvalue weighted by atomic mass is 16.6. The van der Waals surface area contributed by atoms with Crippen LogP contribution in [0.4, 0.5) is 37.4 Å². The van der Waals surface area contributed by atoms with Crippen LogP contribution in [-0.4, -0.2) is 199 Å². The number of carboxylic acids is 2. The van der Waals surface area contributed by atoms with Gasteiger partial charge in [-0.25, -0.2) is 44.3 Å². The number of carboxylic acid groups (broad SMARTS) is 2. The molecule has 3 aromatic carbocycles. The molecule has 2 aliphatic heterocycles. The minimum absolute atomic E-state index is 0.00817. The summed E-state index contributed by atoms with van der Waals surface area (Å²) in [5.74, 6) is -7.90. The van der Waals surface area contributed by atoms with E-state index in [9.17, 15) is 78.0 Å². The number of nitrogens with one attached hydrogen (secondary N) is 12. The number of hydrogen-bond donors (Lipinski definition) is 19. The molecule has 2 aromatic heterocycles. The summed E-state index contributed by atoms with van der Waals surface area (Å²) >= 11 is 0. The Morgan fingerprint density at radius 1 is 0.713 bits per heavy atom. The largest absolute Gasteiger partial charge is 0.492 e. The molecule has 1 unspecified atom stereocenters. The number of aromatic hydroxyl groups is 1. The van der Waals surface area contributed by atoms with Crippen molar-refractivity contribution < 1.29 is 96.9 Å². The van der Waals surface area contributed by atoms with Crippen molar-refractivity contribution in [3.05, 3.63) is 185 Å². The molecular weight excluding hydrogens is 1750 g/mol. The number of esters is 1. The number of rotatable bonds is 50. The first-order valence-electron chi connectivity index (χ1n) is 45.9. The van der Waals surface area contributed by atoms with Crippen molar-refractivity contribution in [2.45, 2.75) is 231 Å². The predicted octanol–water partition coefficient (Wildman–Crippen LogP) is 9.71. The molecule has 4 heterocycles. The number of nitrogens with two attached hydrogens (primary N) is 3. The third-order valence-electron chi connectivity index (χ3n) is 23.8. The molecule has 5 aromatic rings. The van der Waals surface area contributed by atoms with Crippen molar-refractivity contribution in [1.82, 2.24) is 62.5 Å². The number of allylic oxidation sites excluding steroid dienone is 9. The number of carbonyl (C=O) groups is 12. The van der Waals surface area contributed by atoms with E-state index >= 15 is 0 Å². The number of nitrogen functional groups attached to an aromatic ring is 1. The summed E-state index contributed by atoms with van der Waals surface area (Å²) in [6.45, 7) is 13.9. The Morgan fingerprint density at radius 3 is 2.04 bits per heavy atom. The highest BCUT2D eigenvalue weighted by Crippen LogP contribution is 2.54. The molecule has 2 aliphatic carbocycles. The van der Waals surface area contributed by atoms with E-state index < -0.39 is 138 Å². The Labute approximate surface area is 788 Å². The molecule has 0 radical (unpaired) electrons. The molecule has 1 saturated carbocycles. The first kappa shape index (κ1) is 106. The molecule has 15 atom stereocenters. The molecule has 0 spiro atoms. The maximum absolute atomic E-state index is 14.2. The molecule has 40 nitrogen and oxygen atoms in total. The number of aliphatic carboxylic acids is 2. The van der Waals surface area contributed by atoms with Crippen LogP contribution < -0.4 is 75.7 Å². The van der Waals surface area contributed by atoms with Crippen LogP contribution in [0.2, 0.25) is 0 Å². The monoisotopic (exact) mass is 1880 g/mol. The van der Waals surface area contributed by atoms with Gasteiger partial charge in [-0.1, -0.05) is 99.6 Å². The van der Waals surface area contributed by atoms with Crippen LogP contribution in [0, 0.1) is 41.0 Å². The minimum Gasteiger partial charge on any atom is -0.492 e. The van der Waals surface area contributed by atoms with Crippen molar-refractivity contribution in [1.29, 1.82) is 5.53 Å². The maximum atomic E-state index is 14.2. The van der Waals surface area contributed by atoms with Gasteiger partial charge in [0.15, 0.2) is 11.2 Å². The molecule has 732 valence electrons. The zero-order valence-corrected chi connectivity index (χ0v) is 77.6. The summed E-state index contributed by atoms with van der Waals surface area (Å²) in [5, 5.41) is 75.8. The second-order valence-corrected chi connectivity index (χ2v) is 34.8. The minimum atomic E-state index is -1.54. The van der Waals surface area contributed by atoms with E-state index in [1.54, 1.807) is 80.6 Å². The number of aromatic nitrogens is 4. The van der Waals surface area contributed by atoms with Crippen LogP contribution in [0.1, 0.15) is 190 Å². The van der Waals surface area contributed by atoms with Gasteiger partial charge in [0.1, 0.15) is 42.9 Å². The number of anilines is 4. The number of primary amides is 1. The molecule has 22 N–H and O–H groups in total. The number of benzene rings is 3. The average Bonchev–Trinajstić information content (AvgIpc) is 1.61. The number of unbranched alkanes of at least 4 members (excludes halogenated alkanes) is 2. The molecule has 10 amide bonds. The smallest absolute Gasteiger partial charge is 0.408 e. The molecule has 9 rings (SSSR count). The summed E-state index contributed by atoms with van der Waals surface area (Å²) in [4.78, 5) is 174. The second kappa shape index (κ2) is 53.2. The summed E-state index contributed by atoms with van der Waals surface area (Å²) in [5.41, 5.74) is 31.1. The number of nitrogens with zero attached hydrogens (tertiary/aromatic N) is 5. The molecule has 136 heavy (non-hydrogen) atoms. The van der Waals surface area contributed by atoms with Crippen LogP contribution in [0.25, 0.3) is 11.2 Å². The van der Waals surface area contributed by atoms with Crippen molar-refractivity contribution in [3.63, 3.8) is 0 Å². The SMILES string of the molecule is C/C=C/[C@@H]1O[C@H]([C@@H](/C=C/C=C(\C)C[C@@H](C)/C=C(C)\C=C\[C@H]2CC=CC(=O)O2)NC(=O)OCc2ccc(NC(=O)[C@H](CCCNC(N)=O)NC(=O)[C@@H](NC(=O)OCC3[C@H]4CC/C(Nc5ccc(C(=O)NCCCC[C@H](NC(=O)CC[C@H](NC(=O)c6ccc(NCc7cnc8nc(N)nc(O)c8n7)cc6)C(=O)O)C(=O)N[C@H](CCCCN)C(=O)O)cc5)=C(/N=N)CC[C@@H]34)C(C)C)cc2)C[C@@H](O)[C@@H]1C. The number of cyclic esters (lactones) is 1. The standard InChI is InChI=1S/C96H128N20O20/c1-8-16-78-58(7)77(117)49-79(136-78)72(21-13-17-55(4)47-57(6)48-56(5)24-37-66-18-14-23-81(119)135-66)112-95(131)133-52-59-25-31-64(32-26-59)107-87(122)74(22-15-46-102-94(99)130)109-89(124)82(54(2)3)113-96(132)134-53-69-67-38-40-70(71(116-100)41-39-68(67)69)105-63-35-29-60(30-36-63)85(120)101-45-12-10-19-73(88(123)111-75(91(126)127)20-9-11-44-97)108-80(118)43-42-76(92(128)129)110-86(121)61-27-33-62(34-28-61)103-50-65-51-104-84-83(106-65)90(125)115-93(98)114-84/h8,13-14,16-17,21,23-37,48,51,54,57-58,66-69,72-79,82,100,103,105,117H,9-12,15,18-20,22,38-47,49-50,52-53,97H2,1-7H3,(H,101,120)(H,107,122)(H,108,118)(H,109,124)(H,110,121)(H,111,123)(H,112,131)(H,113,132)(H,126,127)(H,128,129)(H3,99,102,130)(H3,98,104,114,115,125)/b16-8+,21-13+,37-24+,55-17+,56-48-,71-70-,116-100?/t57-,58+,66-,67+,68-,69?,72-,73+,74+,75-,76+,77-,78+,79+,82+/m1/s1. The quantitative estimate of drug-likeness (QED) is 0.00430. The molecule has 4 aliphatic rings. The van der Waals surface area contributed by atoms with Gasteiger partial charge < -0.3 is 115 Å². The van der Waals surface area contributed by atoms with Gasteiger partial charge in [0, 0.05) is 78.2 Å². The van der Waals surface area contributed by atoms with Crippen LogP contribution >= 0.6 is 0 Å². The zero-order valence-electron chi connectivity index (χ0n) is 77.6. The number of ether oxygens (including phenoxy) is 4. The number of aliphatic hydroxyl groups excluding tert-OH is 1. The first-order chi connectivity index (χ1) is 65.1. The van der Waals surface area contributed by atoms with Crippen LogP contribution in [0.3, 0.4) is 0 Å². The van der Waals surface area contributed by atoms with E-state index in [1.807, 2.05) is 70.2 Å². The third kappa shape index (κ3) is 34.2. The number of amides is 10. The maximum Gasteiger partial charge on any atom is 0.408 e. The lowest BCUT2D eigenvalue weighted by Crippen LogP contribution is -2.54. The van der Waals surface area contributed by atoms with Crippen molar-refractivity contribution in [2.24, 2.45) is 52.1 Å². The van der Waals surface area contributed by atoms with Crippen molar-refractivity contribution >= 4 is 106 Å². The molecular formula is C96H128N20O20. The summed E-state index contributed by atoms with van der Waals surface area (Å²) < 4.78 is 23.3. The van der Waals surface area contributed by atoms with E-state index in [4.69, 9.17) is 41.7 Å². The van der Waals surface area contributed by atoms with Gasteiger partial charge in [0.25, 0.3) is 11.8 Å². The molecule has 1 saturated heterocycles. The fourth-order valence-corrected chi connectivity index (χ4v) is 16.3. The Balaban J connectivity index is 0.708. The normalized spacial score (nSPS) is 20.4.